The van der Waals surface area contributed by atoms with Gasteiger partial charge in [-0.05, 0) is 42.7 Å². The van der Waals surface area contributed by atoms with Gasteiger partial charge in [-0.15, -0.1) is 10.2 Å². The minimum Gasteiger partial charge on any atom is -0.352 e. The number of hydrogen-bond donors (Lipinski definition) is 1. The Hall–Kier alpha value is -2.67. The molecule has 0 bridgehead atoms. The normalized spacial score (nSPS) is 17.3. The summed E-state index contributed by atoms with van der Waals surface area (Å²) in [7, 11) is 0. The number of nitrogens with one attached hydrogen (secondary N) is 1. The second-order valence-corrected chi connectivity index (χ2v) is 7.07. The first-order valence-electron chi connectivity index (χ1n) is 8.88. The van der Waals surface area contributed by atoms with Crippen molar-refractivity contribution in [1.29, 1.82) is 0 Å². The van der Waals surface area contributed by atoms with Gasteiger partial charge < -0.3 is 10.2 Å². The van der Waals surface area contributed by atoms with Crippen molar-refractivity contribution in [3.05, 3.63) is 59.0 Å². The van der Waals surface area contributed by atoms with Gasteiger partial charge >= 0.3 is 0 Å². The zero-order chi connectivity index (χ0) is 18.8. The molecule has 1 N–H and O–H groups in total. The monoisotopic (exact) mass is 387 g/mol. The average Bonchev–Trinajstić information content (AvgIpc) is 3.11. The molecule has 1 aliphatic rings. The third kappa shape index (κ3) is 3.73. The predicted molar refractivity (Wildman–Crippen MR) is 101 cm³/mol. The Morgan fingerprint density at radius 1 is 1.30 bits per heavy atom. The quantitative estimate of drug-likeness (QED) is 0.747. The van der Waals surface area contributed by atoms with Crippen LogP contribution in [0.15, 0.2) is 42.6 Å². The summed E-state index contributed by atoms with van der Waals surface area (Å²) in [6, 6.07) is 9.93. The fourth-order valence-electron chi connectivity index (χ4n) is 3.41. The Labute approximate surface area is 161 Å². The SMILES string of the molecule is O=C(NCc1ccc(F)cc1Cl)[C@H]1CCCN(c2nnc3ccccn23)C1. The molecule has 0 spiro atoms. The predicted octanol–water partition coefficient (Wildman–Crippen LogP) is 3.05. The number of carbonyl (C=O) groups is 1. The maximum absolute atomic E-state index is 13.1. The van der Waals surface area contributed by atoms with Crippen molar-refractivity contribution in [2.24, 2.45) is 5.92 Å². The van der Waals surface area contributed by atoms with Crippen LogP contribution in [0, 0.1) is 11.7 Å². The highest BCUT2D eigenvalue weighted by atomic mass is 35.5. The number of aromatic nitrogens is 3. The number of nitrogens with zero attached hydrogens (tertiary/aromatic N) is 4. The van der Waals surface area contributed by atoms with E-state index in [-0.39, 0.29) is 18.4 Å². The molecular weight excluding hydrogens is 369 g/mol. The number of pyridine rings is 1. The number of amides is 1. The Bertz CT molecular complexity index is 976. The maximum atomic E-state index is 13.1. The summed E-state index contributed by atoms with van der Waals surface area (Å²) in [5.41, 5.74) is 1.48. The molecule has 1 atom stereocenters. The zero-order valence-electron chi connectivity index (χ0n) is 14.6. The van der Waals surface area contributed by atoms with Crippen molar-refractivity contribution in [3.8, 4) is 0 Å². The van der Waals surface area contributed by atoms with Gasteiger partial charge in [0.15, 0.2) is 5.65 Å². The summed E-state index contributed by atoms with van der Waals surface area (Å²) in [6.07, 6.45) is 3.64. The fraction of sp³-hybridized carbons (Fsp3) is 0.316. The van der Waals surface area contributed by atoms with E-state index in [1.807, 2.05) is 28.8 Å². The molecule has 1 aromatic carbocycles. The van der Waals surface area contributed by atoms with E-state index in [0.717, 1.165) is 31.0 Å². The summed E-state index contributed by atoms with van der Waals surface area (Å²) < 4.78 is 15.1. The Morgan fingerprint density at radius 3 is 3.04 bits per heavy atom. The number of rotatable bonds is 4. The van der Waals surface area contributed by atoms with Crippen LogP contribution >= 0.6 is 11.6 Å². The molecular formula is C19H19ClFN5O. The van der Waals surface area contributed by atoms with Gasteiger partial charge in [-0.25, -0.2) is 4.39 Å². The molecule has 1 fully saturated rings. The van der Waals surface area contributed by atoms with E-state index in [9.17, 15) is 9.18 Å². The van der Waals surface area contributed by atoms with Crippen molar-refractivity contribution in [1.82, 2.24) is 19.9 Å². The molecule has 0 aliphatic carbocycles. The number of piperidine rings is 1. The van der Waals surface area contributed by atoms with E-state index in [4.69, 9.17) is 11.6 Å². The van der Waals surface area contributed by atoms with Gasteiger partial charge in [0.25, 0.3) is 0 Å². The summed E-state index contributed by atoms with van der Waals surface area (Å²) in [5.74, 6) is 0.186. The fourth-order valence-corrected chi connectivity index (χ4v) is 3.64. The van der Waals surface area contributed by atoms with Crippen LogP contribution in [-0.2, 0) is 11.3 Å². The molecule has 6 nitrogen and oxygen atoms in total. The van der Waals surface area contributed by atoms with E-state index >= 15 is 0 Å². The van der Waals surface area contributed by atoms with Gasteiger partial charge in [0.2, 0.25) is 11.9 Å². The third-order valence-electron chi connectivity index (χ3n) is 4.84. The first kappa shape index (κ1) is 17.7. The van der Waals surface area contributed by atoms with Crippen LogP contribution in [0.25, 0.3) is 5.65 Å². The van der Waals surface area contributed by atoms with Crippen molar-refractivity contribution >= 4 is 29.1 Å². The molecule has 1 saturated heterocycles. The Kier molecular flexibility index (Phi) is 4.94. The van der Waals surface area contributed by atoms with Crippen LogP contribution in [0.1, 0.15) is 18.4 Å². The lowest BCUT2D eigenvalue weighted by Crippen LogP contribution is -2.43. The lowest BCUT2D eigenvalue weighted by molar-refractivity contribution is -0.125. The van der Waals surface area contributed by atoms with Crippen LogP contribution in [-0.4, -0.2) is 33.6 Å². The summed E-state index contributed by atoms with van der Waals surface area (Å²) in [4.78, 5) is 14.7. The second kappa shape index (κ2) is 7.52. The minimum atomic E-state index is -0.390. The topological polar surface area (TPSA) is 62.5 Å². The first-order valence-corrected chi connectivity index (χ1v) is 9.26. The highest BCUT2D eigenvalue weighted by molar-refractivity contribution is 6.31. The number of benzene rings is 1. The van der Waals surface area contributed by atoms with Crippen LogP contribution in [0.4, 0.5) is 10.3 Å². The average molecular weight is 388 g/mol. The van der Waals surface area contributed by atoms with E-state index in [1.54, 1.807) is 6.07 Å². The molecule has 1 aliphatic heterocycles. The molecule has 0 saturated carbocycles. The smallest absolute Gasteiger partial charge is 0.231 e. The molecule has 3 heterocycles. The maximum Gasteiger partial charge on any atom is 0.231 e. The van der Waals surface area contributed by atoms with E-state index in [2.05, 4.69) is 20.4 Å². The van der Waals surface area contributed by atoms with Gasteiger partial charge in [0, 0.05) is 30.9 Å². The van der Waals surface area contributed by atoms with Gasteiger partial charge in [-0.1, -0.05) is 23.7 Å². The molecule has 0 unspecified atom stereocenters. The zero-order valence-corrected chi connectivity index (χ0v) is 15.4. The minimum absolute atomic E-state index is 0.0334. The van der Waals surface area contributed by atoms with Gasteiger partial charge in [-0.3, -0.25) is 9.20 Å². The van der Waals surface area contributed by atoms with E-state index < -0.39 is 5.82 Å². The van der Waals surface area contributed by atoms with E-state index in [0.29, 0.717) is 17.1 Å². The molecule has 140 valence electrons. The van der Waals surface area contributed by atoms with Crippen LogP contribution in [0.5, 0.6) is 0 Å². The lowest BCUT2D eigenvalue weighted by atomic mass is 9.97. The lowest BCUT2D eigenvalue weighted by Gasteiger charge is -2.32. The third-order valence-corrected chi connectivity index (χ3v) is 5.19. The number of halogens is 2. The van der Waals surface area contributed by atoms with Crippen molar-refractivity contribution in [3.63, 3.8) is 0 Å². The standard InChI is InChI=1S/C19H19ClFN5O/c20-16-10-15(21)7-6-13(16)11-22-18(27)14-4-3-8-25(12-14)19-24-23-17-5-1-2-9-26(17)19/h1-2,5-7,9-10,14H,3-4,8,11-12H2,(H,22,27)/t14-/m0/s1. The first-order chi connectivity index (χ1) is 13.1. The van der Waals surface area contributed by atoms with Crippen molar-refractivity contribution in [2.45, 2.75) is 19.4 Å². The second-order valence-electron chi connectivity index (χ2n) is 6.67. The number of carbonyl (C=O) groups excluding carboxylic acids is 1. The van der Waals surface area contributed by atoms with Crippen LogP contribution in [0.3, 0.4) is 0 Å². The number of hydrogen-bond acceptors (Lipinski definition) is 4. The molecule has 0 radical (unpaired) electrons. The molecule has 8 heteroatoms. The van der Waals surface area contributed by atoms with Gasteiger partial charge in [-0.2, -0.15) is 0 Å². The summed E-state index contributed by atoms with van der Waals surface area (Å²) in [6.45, 7) is 1.70. The van der Waals surface area contributed by atoms with Gasteiger partial charge in [0.05, 0.1) is 5.92 Å². The number of anilines is 1. The Balaban J connectivity index is 1.42. The Morgan fingerprint density at radius 2 is 2.19 bits per heavy atom. The van der Waals surface area contributed by atoms with Gasteiger partial charge in [0.1, 0.15) is 5.82 Å². The highest BCUT2D eigenvalue weighted by Gasteiger charge is 2.28. The highest BCUT2D eigenvalue weighted by Crippen LogP contribution is 2.23. The molecule has 27 heavy (non-hydrogen) atoms. The molecule has 3 aromatic rings. The van der Waals surface area contributed by atoms with Crippen molar-refractivity contribution < 1.29 is 9.18 Å². The molecule has 4 rings (SSSR count). The largest absolute Gasteiger partial charge is 0.352 e. The van der Waals surface area contributed by atoms with Crippen LogP contribution < -0.4 is 10.2 Å². The number of fused-ring (bicyclic) bond motifs is 1. The van der Waals surface area contributed by atoms with E-state index in [1.165, 1.54) is 12.1 Å². The van der Waals surface area contributed by atoms with Crippen LogP contribution in [0.2, 0.25) is 5.02 Å². The molecule has 1 amide bonds. The summed E-state index contributed by atoms with van der Waals surface area (Å²) >= 11 is 6.03. The molecule has 2 aromatic heterocycles. The summed E-state index contributed by atoms with van der Waals surface area (Å²) in [5, 5.41) is 11.7. The van der Waals surface area contributed by atoms with Crippen molar-refractivity contribution in [2.75, 3.05) is 18.0 Å².